The van der Waals surface area contributed by atoms with Crippen molar-refractivity contribution in [1.82, 2.24) is 14.5 Å². The van der Waals surface area contributed by atoms with Gasteiger partial charge in [-0.3, -0.25) is 9.59 Å². The molecule has 0 spiro atoms. The molecule has 3 aromatic rings. The summed E-state index contributed by atoms with van der Waals surface area (Å²) in [7, 11) is 1.87. The van der Waals surface area contributed by atoms with E-state index in [0.29, 0.717) is 37.4 Å². The number of hydrogen-bond acceptors (Lipinski definition) is 4. The van der Waals surface area contributed by atoms with Gasteiger partial charge in [0.1, 0.15) is 5.65 Å². The van der Waals surface area contributed by atoms with Crippen LogP contribution >= 0.6 is 0 Å². The Hall–Kier alpha value is -2.99. The molecule has 0 atom stereocenters. The lowest BCUT2D eigenvalue weighted by molar-refractivity contribution is 0.0303. The van der Waals surface area contributed by atoms with Gasteiger partial charge in [0.05, 0.1) is 13.2 Å². The number of carbonyl (C=O) groups excluding carboxylic acids is 2. The number of rotatable bonds is 3. The number of benzene rings is 1. The van der Waals surface area contributed by atoms with E-state index in [2.05, 4.69) is 4.98 Å². The van der Waals surface area contributed by atoms with Gasteiger partial charge < -0.3 is 14.2 Å². The smallest absolute Gasteiger partial charge is 0.254 e. The average molecular weight is 349 g/mol. The molecular weight excluding hydrogens is 330 g/mol. The van der Waals surface area contributed by atoms with Gasteiger partial charge in [-0.25, -0.2) is 4.98 Å². The van der Waals surface area contributed by atoms with Crippen molar-refractivity contribution < 1.29 is 14.3 Å². The summed E-state index contributed by atoms with van der Waals surface area (Å²) in [6.45, 7) is 2.42. The number of nitrogens with zero attached hydrogens (tertiary/aromatic N) is 3. The minimum Gasteiger partial charge on any atom is -0.378 e. The number of aryl methyl sites for hydroxylation is 1. The molecule has 26 heavy (non-hydrogen) atoms. The van der Waals surface area contributed by atoms with Gasteiger partial charge in [-0.2, -0.15) is 0 Å². The molecule has 1 amide bonds. The molecule has 1 saturated heterocycles. The number of aromatic nitrogens is 2. The van der Waals surface area contributed by atoms with E-state index < -0.39 is 0 Å². The Morgan fingerprint density at radius 3 is 2.58 bits per heavy atom. The molecule has 1 aliphatic heterocycles. The maximum atomic E-state index is 12.6. The van der Waals surface area contributed by atoms with Gasteiger partial charge in [0.2, 0.25) is 0 Å². The Kier molecular flexibility index (Phi) is 4.26. The zero-order valence-corrected chi connectivity index (χ0v) is 14.5. The highest BCUT2D eigenvalue weighted by atomic mass is 16.5. The number of aldehydes is 1. The second-order valence-corrected chi connectivity index (χ2v) is 6.35. The summed E-state index contributed by atoms with van der Waals surface area (Å²) in [5.74, 6) is 0.0213. The maximum Gasteiger partial charge on any atom is 0.254 e. The fraction of sp³-hybridized carbons (Fsp3) is 0.250. The van der Waals surface area contributed by atoms with Crippen LogP contribution in [0.4, 0.5) is 0 Å². The lowest BCUT2D eigenvalue weighted by Crippen LogP contribution is -2.40. The predicted octanol–water partition coefficient (Wildman–Crippen LogP) is 2.53. The summed E-state index contributed by atoms with van der Waals surface area (Å²) in [5.41, 5.74) is 3.91. The normalized spacial score (nSPS) is 14.6. The number of ether oxygens (including phenoxy) is 1. The van der Waals surface area contributed by atoms with Crippen LogP contribution in [-0.4, -0.2) is 52.9 Å². The lowest BCUT2D eigenvalue weighted by Gasteiger charge is -2.26. The fourth-order valence-electron chi connectivity index (χ4n) is 3.41. The molecule has 1 fully saturated rings. The molecule has 1 aliphatic rings. The van der Waals surface area contributed by atoms with Crippen LogP contribution in [0.25, 0.3) is 22.2 Å². The number of morpholine rings is 1. The van der Waals surface area contributed by atoms with E-state index in [4.69, 9.17) is 4.74 Å². The first-order valence-corrected chi connectivity index (χ1v) is 8.55. The summed E-state index contributed by atoms with van der Waals surface area (Å²) in [4.78, 5) is 30.2. The Balaban J connectivity index is 1.70. The third-order valence-electron chi connectivity index (χ3n) is 4.75. The summed E-state index contributed by atoms with van der Waals surface area (Å²) < 4.78 is 7.14. The van der Waals surface area contributed by atoms with Crippen molar-refractivity contribution in [3.63, 3.8) is 0 Å². The van der Waals surface area contributed by atoms with Crippen molar-refractivity contribution in [1.29, 1.82) is 0 Å². The number of pyridine rings is 1. The van der Waals surface area contributed by atoms with Crippen molar-refractivity contribution in [3.8, 4) is 11.1 Å². The Morgan fingerprint density at radius 2 is 1.88 bits per heavy atom. The predicted molar refractivity (Wildman–Crippen MR) is 98.3 cm³/mol. The standard InChI is InChI=1S/C20H19N3O3/c1-22-12-16(13-24)18-17(6-7-21-19(18)22)14-2-4-15(5-3-14)20(25)23-8-10-26-11-9-23/h2-7,12-13H,8-11H2,1H3. The van der Waals surface area contributed by atoms with Gasteiger partial charge in [-0.1, -0.05) is 12.1 Å². The van der Waals surface area contributed by atoms with Crippen molar-refractivity contribution in [2.24, 2.45) is 7.05 Å². The first kappa shape index (κ1) is 16.5. The molecule has 0 bridgehead atoms. The molecule has 3 heterocycles. The van der Waals surface area contributed by atoms with Crippen LogP contribution < -0.4 is 0 Å². The highest BCUT2D eigenvalue weighted by Gasteiger charge is 2.19. The highest BCUT2D eigenvalue weighted by Crippen LogP contribution is 2.30. The highest BCUT2D eigenvalue weighted by molar-refractivity contribution is 6.05. The van der Waals surface area contributed by atoms with Gasteiger partial charge in [-0.05, 0) is 29.3 Å². The van der Waals surface area contributed by atoms with Crippen LogP contribution in [0.15, 0.2) is 42.7 Å². The van der Waals surface area contributed by atoms with Crippen LogP contribution in [0, 0.1) is 0 Å². The van der Waals surface area contributed by atoms with Gasteiger partial charge in [0, 0.05) is 49.0 Å². The minimum absolute atomic E-state index is 0.0213. The zero-order valence-electron chi connectivity index (χ0n) is 14.5. The SMILES string of the molecule is Cn1cc(C=O)c2c(-c3ccc(C(=O)N4CCOCC4)cc3)ccnc21. The minimum atomic E-state index is 0.0213. The first-order chi connectivity index (χ1) is 12.7. The number of carbonyl (C=O) groups is 2. The van der Waals surface area contributed by atoms with E-state index in [-0.39, 0.29) is 5.91 Å². The third kappa shape index (κ3) is 2.78. The molecule has 6 nitrogen and oxygen atoms in total. The summed E-state index contributed by atoms with van der Waals surface area (Å²) >= 11 is 0. The Labute approximate surface area is 151 Å². The van der Waals surface area contributed by atoms with Crippen LogP contribution in [0.2, 0.25) is 0 Å². The number of fused-ring (bicyclic) bond motifs is 1. The molecule has 0 unspecified atom stereocenters. The molecule has 0 aliphatic carbocycles. The van der Waals surface area contributed by atoms with E-state index in [9.17, 15) is 9.59 Å². The van der Waals surface area contributed by atoms with Gasteiger partial charge in [-0.15, -0.1) is 0 Å². The maximum absolute atomic E-state index is 12.6. The van der Waals surface area contributed by atoms with Crippen molar-refractivity contribution in [2.75, 3.05) is 26.3 Å². The summed E-state index contributed by atoms with van der Waals surface area (Å²) in [6.07, 6.45) is 4.37. The fourth-order valence-corrected chi connectivity index (χ4v) is 3.41. The van der Waals surface area contributed by atoms with Crippen LogP contribution in [-0.2, 0) is 11.8 Å². The van der Waals surface area contributed by atoms with Gasteiger partial charge >= 0.3 is 0 Å². The molecule has 4 rings (SSSR count). The monoisotopic (exact) mass is 349 g/mol. The third-order valence-corrected chi connectivity index (χ3v) is 4.75. The van der Waals surface area contributed by atoms with Gasteiger partial charge in [0.25, 0.3) is 5.91 Å². The summed E-state index contributed by atoms with van der Waals surface area (Å²) in [6, 6.07) is 9.41. The molecule has 2 aromatic heterocycles. The molecule has 0 N–H and O–H groups in total. The Morgan fingerprint density at radius 1 is 1.15 bits per heavy atom. The second-order valence-electron chi connectivity index (χ2n) is 6.35. The lowest BCUT2D eigenvalue weighted by atomic mass is 10.00. The van der Waals surface area contributed by atoms with E-state index >= 15 is 0 Å². The first-order valence-electron chi connectivity index (χ1n) is 8.55. The van der Waals surface area contributed by atoms with Crippen molar-refractivity contribution >= 4 is 23.2 Å². The molecular formula is C20H19N3O3. The molecule has 6 heteroatoms. The number of amides is 1. The quantitative estimate of drug-likeness (QED) is 0.682. The summed E-state index contributed by atoms with van der Waals surface area (Å²) in [5, 5.41) is 0.831. The zero-order chi connectivity index (χ0) is 18.1. The van der Waals surface area contributed by atoms with Crippen LogP contribution in [0.1, 0.15) is 20.7 Å². The topological polar surface area (TPSA) is 64.4 Å². The molecule has 0 radical (unpaired) electrons. The van der Waals surface area contributed by atoms with Crippen molar-refractivity contribution in [2.45, 2.75) is 0 Å². The second kappa shape index (κ2) is 6.72. The molecule has 132 valence electrons. The molecule has 1 aromatic carbocycles. The van der Waals surface area contributed by atoms with E-state index in [1.54, 1.807) is 12.4 Å². The largest absolute Gasteiger partial charge is 0.378 e. The van der Waals surface area contributed by atoms with Crippen molar-refractivity contribution in [3.05, 3.63) is 53.9 Å². The van der Waals surface area contributed by atoms with E-state index in [1.807, 2.05) is 46.8 Å². The Bertz CT molecular complexity index is 970. The van der Waals surface area contributed by atoms with Crippen LogP contribution in [0.3, 0.4) is 0 Å². The van der Waals surface area contributed by atoms with E-state index in [0.717, 1.165) is 28.4 Å². The van der Waals surface area contributed by atoms with Gasteiger partial charge in [0.15, 0.2) is 6.29 Å². The van der Waals surface area contributed by atoms with E-state index in [1.165, 1.54) is 0 Å². The van der Waals surface area contributed by atoms with Crippen LogP contribution in [0.5, 0.6) is 0 Å². The average Bonchev–Trinajstić information content (AvgIpc) is 3.04. The molecule has 0 saturated carbocycles. The number of hydrogen-bond donors (Lipinski definition) is 0.